The Morgan fingerprint density at radius 3 is 2.42 bits per heavy atom. The molecule has 1 atom stereocenters. The Hall–Kier alpha value is -2.25. The van der Waals surface area contributed by atoms with Gasteiger partial charge in [-0.2, -0.15) is 0 Å². The first-order chi connectivity index (χ1) is 15.9. The maximum Gasteiger partial charge on any atom is 0.265 e. The number of thiazole rings is 1. The molecule has 7 heteroatoms. The van der Waals surface area contributed by atoms with Crippen LogP contribution in [0.2, 0.25) is 0 Å². The Morgan fingerprint density at radius 2 is 1.76 bits per heavy atom. The first kappa shape index (κ1) is 23.9. The number of hydrogen-bond donors (Lipinski definition) is 1. The molecule has 1 N–H and O–H groups in total. The molecule has 2 aliphatic rings. The van der Waals surface area contributed by atoms with Gasteiger partial charge in [-0.3, -0.25) is 9.59 Å². The number of carbonyl (C=O) groups excluding carboxylic acids is 2. The van der Waals surface area contributed by atoms with Gasteiger partial charge in [0, 0.05) is 37.7 Å². The number of benzene rings is 1. The van der Waals surface area contributed by atoms with Crippen molar-refractivity contribution in [2.24, 2.45) is 11.8 Å². The minimum absolute atomic E-state index is 0.0147. The van der Waals surface area contributed by atoms with Crippen LogP contribution < -0.4 is 5.32 Å². The van der Waals surface area contributed by atoms with E-state index in [-0.39, 0.29) is 17.7 Å². The molecular weight excluding hydrogens is 432 g/mol. The number of aromatic nitrogens is 1. The van der Waals surface area contributed by atoms with Gasteiger partial charge in [0.25, 0.3) is 5.91 Å². The zero-order chi connectivity index (χ0) is 23.4. The number of likely N-dealkylation sites (tertiary alicyclic amines) is 2. The number of nitrogens with one attached hydrogen (secondary N) is 1. The number of carbonyl (C=O) groups is 2. The molecule has 1 aromatic heterocycles. The number of piperidine rings is 1. The minimum Gasteiger partial charge on any atom is -0.355 e. The van der Waals surface area contributed by atoms with E-state index < -0.39 is 0 Å². The number of nitrogens with zero attached hydrogens (tertiary/aromatic N) is 3. The van der Waals surface area contributed by atoms with E-state index in [1.807, 2.05) is 18.7 Å². The zero-order valence-electron chi connectivity index (χ0n) is 20.1. The third kappa shape index (κ3) is 5.82. The lowest BCUT2D eigenvalue weighted by atomic mass is 9.85. The lowest BCUT2D eigenvalue weighted by Crippen LogP contribution is -2.43. The summed E-state index contributed by atoms with van der Waals surface area (Å²) >= 11 is 1.48. The summed E-state index contributed by atoms with van der Waals surface area (Å²) in [5.41, 5.74) is 3.06. The Bertz CT molecular complexity index is 957. The first-order valence-electron chi connectivity index (χ1n) is 12.3. The molecular formula is C26H36N4O2S. The van der Waals surface area contributed by atoms with Crippen molar-refractivity contribution in [1.82, 2.24) is 20.1 Å². The van der Waals surface area contributed by atoms with Crippen LogP contribution in [0.15, 0.2) is 24.3 Å². The van der Waals surface area contributed by atoms with E-state index in [4.69, 9.17) is 0 Å². The molecule has 2 fully saturated rings. The average molecular weight is 469 g/mol. The fraction of sp³-hybridized carbons (Fsp3) is 0.577. The van der Waals surface area contributed by atoms with Crippen molar-refractivity contribution in [3.63, 3.8) is 0 Å². The molecule has 1 aromatic carbocycles. The van der Waals surface area contributed by atoms with Crippen molar-refractivity contribution in [3.05, 3.63) is 40.4 Å². The van der Waals surface area contributed by atoms with E-state index in [9.17, 15) is 9.59 Å². The Labute approximate surface area is 201 Å². The van der Waals surface area contributed by atoms with Crippen molar-refractivity contribution in [1.29, 1.82) is 0 Å². The number of hydrogen-bond acceptors (Lipinski definition) is 5. The summed E-state index contributed by atoms with van der Waals surface area (Å²) in [6.45, 7) is 11.4. The van der Waals surface area contributed by atoms with Crippen LogP contribution in [0.5, 0.6) is 0 Å². The highest BCUT2D eigenvalue weighted by molar-refractivity contribution is 7.17. The van der Waals surface area contributed by atoms with Crippen LogP contribution in [0.4, 0.5) is 0 Å². The molecule has 33 heavy (non-hydrogen) atoms. The maximum atomic E-state index is 13.2. The quantitative estimate of drug-likeness (QED) is 0.664. The van der Waals surface area contributed by atoms with Crippen LogP contribution in [-0.2, 0) is 4.79 Å². The molecule has 0 bridgehead atoms. The van der Waals surface area contributed by atoms with Crippen LogP contribution in [0.3, 0.4) is 0 Å². The van der Waals surface area contributed by atoms with Crippen LogP contribution in [-0.4, -0.2) is 65.9 Å². The average Bonchev–Trinajstić information content (AvgIpc) is 3.48. The van der Waals surface area contributed by atoms with Gasteiger partial charge in [-0.25, -0.2) is 4.98 Å². The standard InChI is InChI=1S/C26H36N4O2S/c1-18-6-8-22(9-7-18)25-28-20(3)23(33-25)26(32)30-15-10-21(11-16-30)19(2)24(31)27-12-17-29-13-4-5-14-29/h6-9,19,21H,4-5,10-17H2,1-3H3,(H,27,31)/t19-/m1/s1. The van der Waals surface area contributed by atoms with Gasteiger partial charge >= 0.3 is 0 Å². The molecule has 2 aromatic rings. The van der Waals surface area contributed by atoms with Crippen molar-refractivity contribution >= 4 is 23.2 Å². The van der Waals surface area contributed by atoms with Crippen LogP contribution in [0.1, 0.15) is 53.5 Å². The molecule has 0 aliphatic carbocycles. The summed E-state index contributed by atoms with van der Waals surface area (Å²) in [5, 5.41) is 4.02. The molecule has 3 heterocycles. The van der Waals surface area contributed by atoms with E-state index in [1.54, 1.807) is 0 Å². The molecule has 178 valence electrons. The molecule has 4 rings (SSSR count). The Morgan fingerprint density at radius 1 is 1.09 bits per heavy atom. The fourth-order valence-corrected chi connectivity index (χ4v) is 5.92. The molecule has 0 unspecified atom stereocenters. The summed E-state index contributed by atoms with van der Waals surface area (Å²) in [6.07, 6.45) is 4.29. The van der Waals surface area contributed by atoms with Gasteiger partial charge in [-0.15, -0.1) is 11.3 Å². The molecule has 6 nitrogen and oxygen atoms in total. The third-order valence-corrected chi connectivity index (χ3v) is 8.36. The molecule has 0 radical (unpaired) electrons. The largest absolute Gasteiger partial charge is 0.355 e. The predicted octanol–water partition coefficient (Wildman–Crippen LogP) is 4.13. The summed E-state index contributed by atoms with van der Waals surface area (Å²) < 4.78 is 0. The second kappa shape index (κ2) is 10.8. The van der Waals surface area contributed by atoms with E-state index >= 15 is 0 Å². The van der Waals surface area contributed by atoms with Gasteiger partial charge in [-0.05, 0) is 58.5 Å². The highest BCUT2D eigenvalue weighted by Gasteiger charge is 2.31. The third-order valence-electron chi connectivity index (χ3n) is 7.16. The summed E-state index contributed by atoms with van der Waals surface area (Å²) in [7, 11) is 0. The normalized spacial score (nSPS) is 18.5. The van der Waals surface area contributed by atoms with Gasteiger partial charge in [-0.1, -0.05) is 36.8 Å². The van der Waals surface area contributed by atoms with Crippen molar-refractivity contribution in [2.75, 3.05) is 39.3 Å². The highest BCUT2D eigenvalue weighted by Crippen LogP contribution is 2.31. The summed E-state index contributed by atoms with van der Waals surface area (Å²) in [4.78, 5) is 35.6. The predicted molar refractivity (Wildman–Crippen MR) is 133 cm³/mol. The fourth-order valence-electron chi connectivity index (χ4n) is 4.88. The molecule has 2 amide bonds. The van der Waals surface area contributed by atoms with Crippen LogP contribution in [0.25, 0.3) is 10.6 Å². The minimum atomic E-state index is -0.0147. The van der Waals surface area contributed by atoms with Gasteiger partial charge in [0.1, 0.15) is 9.88 Å². The summed E-state index contributed by atoms with van der Waals surface area (Å²) in [5.74, 6) is 0.537. The van der Waals surface area contributed by atoms with Crippen molar-refractivity contribution < 1.29 is 9.59 Å². The Kier molecular flexibility index (Phi) is 7.81. The number of aryl methyl sites for hydroxylation is 2. The topological polar surface area (TPSA) is 65.5 Å². The maximum absolute atomic E-state index is 13.2. The van der Waals surface area contributed by atoms with Crippen LogP contribution >= 0.6 is 11.3 Å². The van der Waals surface area contributed by atoms with Gasteiger partial charge in [0.15, 0.2) is 0 Å². The number of rotatable bonds is 7. The molecule has 2 aliphatic heterocycles. The second-order valence-corrected chi connectivity index (χ2v) is 10.6. The number of amides is 2. The van der Waals surface area contributed by atoms with Crippen LogP contribution in [0, 0.1) is 25.7 Å². The van der Waals surface area contributed by atoms with E-state index in [2.05, 4.69) is 46.4 Å². The Balaban J connectivity index is 1.28. The first-order valence-corrected chi connectivity index (χ1v) is 13.1. The van der Waals surface area contributed by atoms with E-state index in [1.165, 1.54) is 29.7 Å². The van der Waals surface area contributed by atoms with Gasteiger partial charge in [0.2, 0.25) is 5.91 Å². The van der Waals surface area contributed by atoms with Crippen molar-refractivity contribution in [2.45, 2.75) is 46.5 Å². The van der Waals surface area contributed by atoms with Crippen molar-refractivity contribution in [3.8, 4) is 10.6 Å². The zero-order valence-corrected chi connectivity index (χ0v) is 20.9. The van der Waals surface area contributed by atoms with Gasteiger partial charge in [0.05, 0.1) is 5.69 Å². The highest BCUT2D eigenvalue weighted by atomic mass is 32.1. The summed E-state index contributed by atoms with van der Waals surface area (Å²) in [6, 6.07) is 8.26. The lowest BCUT2D eigenvalue weighted by Gasteiger charge is -2.34. The van der Waals surface area contributed by atoms with Gasteiger partial charge < -0.3 is 15.1 Å². The lowest BCUT2D eigenvalue weighted by molar-refractivity contribution is -0.126. The molecule has 0 spiro atoms. The monoisotopic (exact) mass is 468 g/mol. The van der Waals surface area contributed by atoms with E-state index in [0.29, 0.717) is 19.0 Å². The van der Waals surface area contributed by atoms with E-state index in [0.717, 1.165) is 60.2 Å². The SMILES string of the molecule is Cc1ccc(-c2nc(C)c(C(=O)N3CCC([C@@H](C)C(=O)NCCN4CCCC4)CC3)s2)cc1. The second-order valence-electron chi connectivity index (χ2n) is 9.56. The molecule has 0 saturated carbocycles. The molecule has 2 saturated heterocycles. The smallest absolute Gasteiger partial charge is 0.265 e.